The standard InChI is InChI=1S/C12H15BrN2O2S/c1-8-5-10(18-11(8)13)12-15-9(7-17-12)6-14-3-4-16-2/h5,7,14H,3-4,6H2,1-2H3. The third kappa shape index (κ3) is 3.41. The van der Waals surface area contributed by atoms with Crippen molar-refractivity contribution in [3.8, 4) is 10.8 Å². The summed E-state index contributed by atoms with van der Waals surface area (Å²) >= 11 is 5.13. The molecule has 1 N–H and O–H groups in total. The van der Waals surface area contributed by atoms with Crippen molar-refractivity contribution in [3.05, 3.63) is 27.4 Å². The van der Waals surface area contributed by atoms with Crippen LogP contribution in [0.3, 0.4) is 0 Å². The molecule has 2 aromatic heterocycles. The normalized spacial score (nSPS) is 11.1. The second-order valence-electron chi connectivity index (χ2n) is 3.88. The Hall–Kier alpha value is -0.690. The molecular formula is C12H15BrN2O2S. The number of thiophene rings is 1. The van der Waals surface area contributed by atoms with Gasteiger partial charge in [0.2, 0.25) is 5.89 Å². The maximum absolute atomic E-state index is 5.48. The fourth-order valence-corrected chi connectivity index (χ4v) is 2.92. The van der Waals surface area contributed by atoms with E-state index in [4.69, 9.17) is 9.15 Å². The summed E-state index contributed by atoms with van der Waals surface area (Å²) < 4.78 is 11.6. The second kappa shape index (κ2) is 6.47. The lowest BCUT2D eigenvalue weighted by Crippen LogP contribution is -2.18. The van der Waals surface area contributed by atoms with Crippen LogP contribution in [0.5, 0.6) is 0 Å². The number of oxazole rings is 1. The average molecular weight is 331 g/mol. The van der Waals surface area contributed by atoms with Crippen LogP contribution >= 0.6 is 27.3 Å². The number of ether oxygens (including phenoxy) is 1. The number of methoxy groups -OCH3 is 1. The molecule has 2 rings (SSSR count). The van der Waals surface area contributed by atoms with Crippen LogP contribution in [0, 0.1) is 6.92 Å². The highest BCUT2D eigenvalue weighted by molar-refractivity contribution is 9.11. The van der Waals surface area contributed by atoms with E-state index in [0.717, 1.165) is 20.9 Å². The summed E-state index contributed by atoms with van der Waals surface area (Å²) in [5, 5.41) is 3.23. The molecule has 0 unspecified atom stereocenters. The second-order valence-corrected chi connectivity index (χ2v) is 6.25. The summed E-state index contributed by atoms with van der Waals surface area (Å²) in [6.07, 6.45) is 1.69. The van der Waals surface area contributed by atoms with Crippen molar-refractivity contribution in [2.75, 3.05) is 20.3 Å². The van der Waals surface area contributed by atoms with Gasteiger partial charge in [-0.05, 0) is 34.5 Å². The van der Waals surface area contributed by atoms with Crippen LogP contribution in [0.1, 0.15) is 11.3 Å². The predicted molar refractivity (Wildman–Crippen MR) is 75.8 cm³/mol. The van der Waals surface area contributed by atoms with E-state index in [-0.39, 0.29) is 0 Å². The van der Waals surface area contributed by atoms with Gasteiger partial charge in [0, 0.05) is 20.2 Å². The van der Waals surface area contributed by atoms with Crippen molar-refractivity contribution in [3.63, 3.8) is 0 Å². The number of aryl methyl sites for hydroxylation is 1. The molecule has 0 saturated carbocycles. The van der Waals surface area contributed by atoms with Gasteiger partial charge < -0.3 is 14.5 Å². The number of aromatic nitrogens is 1. The fourth-order valence-electron chi connectivity index (χ4n) is 1.46. The quantitative estimate of drug-likeness (QED) is 0.826. The SMILES string of the molecule is COCCNCc1coc(-c2cc(C)c(Br)s2)n1. The first-order valence-electron chi connectivity index (χ1n) is 5.61. The summed E-state index contributed by atoms with van der Waals surface area (Å²) in [6, 6.07) is 2.07. The molecule has 18 heavy (non-hydrogen) atoms. The monoisotopic (exact) mass is 330 g/mol. The Morgan fingerprint density at radius 1 is 1.56 bits per heavy atom. The number of halogens is 1. The molecule has 0 aliphatic rings. The Bertz CT molecular complexity index is 490. The number of nitrogens with zero attached hydrogens (tertiary/aromatic N) is 1. The van der Waals surface area contributed by atoms with Crippen molar-refractivity contribution in [1.82, 2.24) is 10.3 Å². The predicted octanol–water partition coefficient (Wildman–Crippen LogP) is 3.21. The third-order valence-electron chi connectivity index (χ3n) is 2.41. The first-order valence-corrected chi connectivity index (χ1v) is 7.22. The third-order valence-corrected chi connectivity index (χ3v) is 4.53. The Balaban J connectivity index is 1.97. The van der Waals surface area contributed by atoms with Crippen molar-refractivity contribution in [1.29, 1.82) is 0 Å². The first-order chi connectivity index (χ1) is 8.70. The van der Waals surface area contributed by atoms with Gasteiger partial charge in [0.1, 0.15) is 6.26 Å². The van der Waals surface area contributed by atoms with Crippen LogP contribution in [-0.4, -0.2) is 25.2 Å². The lowest BCUT2D eigenvalue weighted by molar-refractivity contribution is 0.199. The van der Waals surface area contributed by atoms with Crippen LogP contribution in [0.2, 0.25) is 0 Å². The Morgan fingerprint density at radius 2 is 2.39 bits per heavy atom. The molecule has 4 nitrogen and oxygen atoms in total. The molecule has 0 fully saturated rings. The minimum Gasteiger partial charge on any atom is -0.444 e. The van der Waals surface area contributed by atoms with Crippen LogP contribution in [-0.2, 0) is 11.3 Å². The first kappa shape index (κ1) is 13.7. The van der Waals surface area contributed by atoms with E-state index in [1.165, 1.54) is 5.56 Å². The van der Waals surface area contributed by atoms with Gasteiger partial charge in [-0.15, -0.1) is 11.3 Å². The van der Waals surface area contributed by atoms with Crippen LogP contribution in [0.15, 0.2) is 20.5 Å². The Kier molecular flexibility index (Phi) is 4.94. The summed E-state index contributed by atoms with van der Waals surface area (Å²) in [4.78, 5) is 5.50. The molecule has 0 amide bonds. The molecule has 6 heteroatoms. The van der Waals surface area contributed by atoms with E-state index < -0.39 is 0 Å². The van der Waals surface area contributed by atoms with Crippen molar-refractivity contribution in [2.24, 2.45) is 0 Å². The van der Waals surface area contributed by atoms with Gasteiger partial charge in [0.15, 0.2) is 0 Å². The van der Waals surface area contributed by atoms with E-state index in [9.17, 15) is 0 Å². The van der Waals surface area contributed by atoms with E-state index in [2.05, 4.69) is 39.2 Å². The summed E-state index contributed by atoms with van der Waals surface area (Å²) in [5.41, 5.74) is 2.11. The molecule has 0 aliphatic heterocycles. The highest BCUT2D eigenvalue weighted by atomic mass is 79.9. The minimum atomic E-state index is 0.678. The lowest BCUT2D eigenvalue weighted by Gasteiger charge is -1.99. The maximum Gasteiger partial charge on any atom is 0.236 e. The maximum atomic E-state index is 5.48. The molecule has 0 atom stereocenters. The largest absolute Gasteiger partial charge is 0.444 e. The van der Waals surface area contributed by atoms with Crippen molar-refractivity contribution in [2.45, 2.75) is 13.5 Å². The summed E-state index contributed by atoms with van der Waals surface area (Å²) in [5.74, 6) is 0.678. The molecule has 0 saturated heterocycles. The number of hydrogen-bond donors (Lipinski definition) is 1. The van der Waals surface area contributed by atoms with E-state index in [1.54, 1.807) is 24.7 Å². The molecule has 0 bridgehead atoms. The highest BCUT2D eigenvalue weighted by Gasteiger charge is 2.11. The number of hydrogen-bond acceptors (Lipinski definition) is 5. The van der Waals surface area contributed by atoms with Gasteiger partial charge >= 0.3 is 0 Å². The molecule has 0 aromatic carbocycles. The van der Waals surface area contributed by atoms with Gasteiger partial charge in [0.25, 0.3) is 0 Å². The zero-order chi connectivity index (χ0) is 13.0. The summed E-state index contributed by atoms with van der Waals surface area (Å²) in [6.45, 7) is 4.25. The molecule has 0 aliphatic carbocycles. The van der Waals surface area contributed by atoms with Gasteiger partial charge in [0.05, 0.1) is 21.0 Å². The Morgan fingerprint density at radius 3 is 3.06 bits per heavy atom. The van der Waals surface area contributed by atoms with E-state index >= 15 is 0 Å². The van der Waals surface area contributed by atoms with Gasteiger partial charge in [-0.3, -0.25) is 0 Å². The molecular weight excluding hydrogens is 316 g/mol. The number of nitrogens with one attached hydrogen (secondary N) is 1. The van der Waals surface area contributed by atoms with E-state index in [1.807, 2.05) is 0 Å². The minimum absolute atomic E-state index is 0.678. The zero-order valence-electron chi connectivity index (χ0n) is 10.3. The van der Waals surface area contributed by atoms with Crippen molar-refractivity contribution < 1.29 is 9.15 Å². The zero-order valence-corrected chi connectivity index (χ0v) is 12.7. The smallest absolute Gasteiger partial charge is 0.236 e. The van der Waals surface area contributed by atoms with Crippen LogP contribution in [0.25, 0.3) is 10.8 Å². The summed E-state index contributed by atoms with van der Waals surface area (Å²) in [7, 11) is 1.69. The van der Waals surface area contributed by atoms with Gasteiger partial charge in [-0.2, -0.15) is 0 Å². The fraction of sp³-hybridized carbons (Fsp3) is 0.417. The molecule has 98 valence electrons. The number of rotatable bonds is 6. The van der Waals surface area contributed by atoms with E-state index in [0.29, 0.717) is 19.0 Å². The van der Waals surface area contributed by atoms with Gasteiger partial charge in [-0.1, -0.05) is 0 Å². The lowest BCUT2D eigenvalue weighted by atomic mass is 10.3. The topological polar surface area (TPSA) is 47.3 Å². The molecule has 0 radical (unpaired) electrons. The molecule has 2 heterocycles. The Labute approximate surface area is 118 Å². The van der Waals surface area contributed by atoms with Gasteiger partial charge in [-0.25, -0.2) is 4.98 Å². The molecule has 2 aromatic rings. The molecule has 0 spiro atoms. The highest BCUT2D eigenvalue weighted by Crippen LogP contribution is 2.34. The van der Waals surface area contributed by atoms with Crippen LogP contribution < -0.4 is 5.32 Å². The average Bonchev–Trinajstić information content (AvgIpc) is 2.93. The van der Waals surface area contributed by atoms with Crippen molar-refractivity contribution >= 4 is 27.3 Å². The van der Waals surface area contributed by atoms with Crippen LogP contribution in [0.4, 0.5) is 0 Å².